The van der Waals surface area contributed by atoms with Crippen LogP contribution in [0.5, 0.6) is 11.5 Å². The van der Waals surface area contributed by atoms with Crippen LogP contribution in [0.4, 0.5) is 0 Å². The third-order valence-electron chi connectivity index (χ3n) is 2.27. The molecular formula is C12H16O4. The zero-order chi connectivity index (χ0) is 12.1. The van der Waals surface area contributed by atoms with Gasteiger partial charge in [0.05, 0.1) is 0 Å². The van der Waals surface area contributed by atoms with Crippen molar-refractivity contribution in [3.63, 3.8) is 0 Å². The summed E-state index contributed by atoms with van der Waals surface area (Å²) in [6, 6.07) is 3.66. The molecule has 0 fully saturated rings. The van der Waals surface area contributed by atoms with E-state index in [1.807, 2.05) is 19.1 Å². The van der Waals surface area contributed by atoms with Crippen LogP contribution < -0.4 is 4.74 Å². The molecule has 0 spiro atoms. The molecule has 1 rings (SSSR count). The summed E-state index contributed by atoms with van der Waals surface area (Å²) >= 11 is 0. The molecule has 0 amide bonds. The van der Waals surface area contributed by atoms with Gasteiger partial charge in [-0.05, 0) is 24.5 Å². The number of hydrogen-bond acceptors (Lipinski definition) is 3. The summed E-state index contributed by atoms with van der Waals surface area (Å²) in [5, 5.41) is 18.4. The van der Waals surface area contributed by atoms with Crippen molar-refractivity contribution in [2.45, 2.75) is 26.7 Å². The van der Waals surface area contributed by atoms with E-state index in [4.69, 9.17) is 9.84 Å². The molecule has 0 bridgehead atoms. The summed E-state index contributed by atoms with van der Waals surface area (Å²) in [6.45, 7) is 3.34. The first-order chi connectivity index (χ1) is 7.56. The number of aryl methyl sites for hydroxylation is 2. The second-order valence-electron chi connectivity index (χ2n) is 3.65. The highest BCUT2D eigenvalue weighted by Gasteiger charge is 2.12. The van der Waals surface area contributed by atoms with Crippen LogP contribution in [0.2, 0.25) is 0 Å². The summed E-state index contributed by atoms with van der Waals surface area (Å²) in [6.07, 6.45) is 1.66. The van der Waals surface area contributed by atoms with Crippen molar-refractivity contribution < 1.29 is 19.7 Å². The number of aromatic hydroxyl groups is 1. The van der Waals surface area contributed by atoms with Gasteiger partial charge in [-0.1, -0.05) is 25.5 Å². The standard InChI is InChI=1S/C12H16O4/c1-3-4-9-6-5-8(2)12(11(9)15)16-7-10(13)14/h5-6,15H,3-4,7H2,1-2H3,(H,13,14). The Balaban J connectivity index is 2.96. The molecule has 1 aromatic carbocycles. The van der Waals surface area contributed by atoms with E-state index in [0.717, 1.165) is 24.0 Å². The topological polar surface area (TPSA) is 66.8 Å². The highest BCUT2D eigenvalue weighted by Crippen LogP contribution is 2.34. The number of aliphatic carboxylic acids is 1. The summed E-state index contributed by atoms with van der Waals surface area (Å²) in [4.78, 5) is 10.4. The molecule has 0 saturated heterocycles. The highest BCUT2D eigenvalue weighted by atomic mass is 16.5. The molecule has 0 heterocycles. The first-order valence-corrected chi connectivity index (χ1v) is 5.22. The summed E-state index contributed by atoms with van der Waals surface area (Å²) in [5.74, 6) is -0.726. The number of carbonyl (C=O) groups is 1. The molecule has 4 nitrogen and oxygen atoms in total. The van der Waals surface area contributed by atoms with Gasteiger partial charge in [-0.3, -0.25) is 0 Å². The molecule has 0 aliphatic heterocycles. The van der Waals surface area contributed by atoms with Crippen molar-refractivity contribution in [3.8, 4) is 11.5 Å². The number of carboxylic acid groups (broad SMARTS) is 1. The molecule has 0 saturated carbocycles. The van der Waals surface area contributed by atoms with Gasteiger partial charge < -0.3 is 14.9 Å². The Bertz CT molecular complexity index is 385. The van der Waals surface area contributed by atoms with Crippen molar-refractivity contribution in [2.24, 2.45) is 0 Å². The quantitative estimate of drug-likeness (QED) is 0.803. The average Bonchev–Trinajstić information content (AvgIpc) is 2.22. The number of benzene rings is 1. The molecule has 16 heavy (non-hydrogen) atoms. The monoisotopic (exact) mass is 224 g/mol. The Morgan fingerprint density at radius 2 is 2.12 bits per heavy atom. The lowest BCUT2D eigenvalue weighted by molar-refractivity contribution is -0.139. The average molecular weight is 224 g/mol. The summed E-state index contributed by atoms with van der Waals surface area (Å²) in [7, 11) is 0. The Hall–Kier alpha value is -1.71. The molecule has 0 atom stereocenters. The van der Waals surface area contributed by atoms with Crippen LogP contribution in [-0.4, -0.2) is 22.8 Å². The van der Waals surface area contributed by atoms with Gasteiger partial charge >= 0.3 is 5.97 Å². The first-order valence-electron chi connectivity index (χ1n) is 5.22. The van der Waals surface area contributed by atoms with Crippen LogP contribution in [0, 0.1) is 6.92 Å². The molecule has 0 aliphatic rings. The van der Waals surface area contributed by atoms with E-state index < -0.39 is 12.6 Å². The first kappa shape index (κ1) is 12.4. The van der Waals surface area contributed by atoms with E-state index in [-0.39, 0.29) is 11.5 Å². The SMILES string of the molecule is CCCc1ccc(C)c(OCC(=O)O)c1O. The second kappa shape index (κ2) is 5.39. The molecule has 0 aliphatic carbocycles. The van der Waals surface area contributed by atoms with Crippen molar-refractivity contribution in [3.05, 3.63) is 23.3 Å². The number of ether oxygens (including phenoxy) is 1. The maximum atomic E-state index is 10.4. The number of rotatable bonds is 5. The largest absolute Gasteiger partial charge is 0.504 e. The van der Waals surface area contributed by atoms with Crippen molar-refractivity contribution in [2.75, 3.05) is 6.61 Å². The van der Waals surface area contributed by atoms with Gasteiger partial charge in [0.25, 0.3) is 0 Å². The predicted octanol–water partition coefficient (Wildman–Crippen LogP) is 2.12. The lowest BCUT2D eigenvalue weighted by atomic mass is 10.1. The Kier molecular flexibility index (Phi) is 4.17. The minimum atomic E-state index is -1.06. The molecule has 4 heteroatoms. The van der Waals surface area contributed by atoms with E-state index in [1.54, 1.807) is 6.92 Å². The molecule has 2 N–H and O–H groups in total. The number of phenolic OH excluding ortho intramolecular Hbond substituents is 1. The third-order valence-corrected chi connectivity index (χ3v) is 2.27. The fraction of sp³-hybridized carbons (Fsp3) is 0.417. The van der Waals surface area contributed by atoms with E-state index in [2.05, 4.69) is 0 Å². The van der Waals surface area contributed by atoms with Crippen molar-refractivity contribution in [1.29, 1.82) is 0 Å². The van der Waals surface area contributed by atoms with Crippen LogP contribution in [-0.2, 0) is 11.2 Å². The zero-order valence-electron chi connectivity index (χ0n) is 9.49. The molecule has 0 radical (unpaired) electrons. The van der Waals surface area contributed by atoms with Crippen molar-refractivity contribution >= 4 is 5.97 Å². The predicted molar refractivity (Wildman–Crippen MR) is 60.0 cm³/mol. The summed E-state index contributed by atoms with van der Waals surface area (Å²) < 4.78 is 5.07. The second-order valence-corrected chi connectivity index (χ2v) is 3.65. The fourth-order valence-corrected chi connectivity index (χ4v) is 1.50. The van der Waals surface area contributed by atoms with Gasteiger partial charge in [0.2, 0.25) is 0 Å². The van der Waals surface area contributed by atoms with Gasteiger partial charge in [0.1, 0.15) is 0 Å². The van der Waals surface area contributed by atoms with Crippen LogP contribution in [0.25, 0.3) is 0 Å². The van der Waals surface area contributed by atoms with Crippen LogP contribution in [0.1, 0.15) is 24.5 Å². The van der Waals surface area contributed by atoms with Gasteiger partial charge in [-0.15, -0.1) is 0 Å². The highest BCUT2D eigenvalue weighted by molar-refractivity contribution is 5.69. The third kappa shape index (κ3) is 2.89. The molecule has 0 unspecified atom stereocenters. The van der Waals surface area contributed by atoms with Gasteiger partial charge in [-0.25, -0.2) is 4.79 Å². The lowest BCUT2D eigenvalue weighted by Crippen LogP contribution is -2.10. The normalized spacial score (nSPS) is 10.1. The maximum absolute atomic E-state index is 10.4. The lowest BCUT2D eigenvalue weighted by Gasteiger charge is -2.12. The number of hydrogen-bond donors (Lipinski definition) is 2. The Morgan fingerprint density at radius 3 is 2.69 bits per heavy atom. The van der Waals surface area contributed by atoms with Crippen LogP contribution >= 0.6 is 0 Å². The van der Waals surface area contributed by atoms with Gasteiger partial charge in [0.15, 0.2) is 18.1 Å². The van der Waals surface area contributed by atoms with Gasteiger partial charge in [0, 0.05) is 0 Å². The van der Waals surface area contributed by atoms with E-state index in [1.165, 1.54) is 0 Å². The van der Waals surface area contributed by atoms with Gasteiger partial charge in [-0.2, -0.15) is 0 Å². The maximum Gasteiger partial charge on any atom is 0.341 e. The zero-order valence-corrected chi connectivity index (χ0v) is 9.49. The minimum absolute atomic E-state index is 0.0584. The van der Waals surface area contributed by atoms with E-state index in [0.29, 0.717) is 0 Å². The van der Waals surface area contributed by atoms with Crippen LogP contribution in [0.3, 0.4) is 0 Å². The molecule has 88 valence electrons. The Labute approximate surface area is 94.5 Å². The van der Waals surface area contributed by atoms with E-state index >= 15 is 0 Å². The van der Waals surface area contributed by atoms with Crippen molar-refractivity contribution in [1.82, 2.24) is 0 Å². The number of carboxylic acids is 1. The molecule has 1 aromatic rings. The Morgan fingerprint density at radius 1 is 1.44 bits per heavy atom. The smallest absolute Gasteiger partial charge is 0.341 e. The van der Waals surface area contributed by atoms with E-state index in [9.17, 15) is 9.90 Å². The minimum Gasteiger partial charge on any atom is -0.504 e. The number of phenols is 1. The fourth-order valence-electron chi connectivity index (χ4n) is 1.50. The summed E-state index contributed by atoms with van der Waals surface area (Å²) in [5.41, 5.74) is 1.52. The molecular weight excluding hydrogens is 208 g/mol. The molecule has 0 aromatic heterocycles. The van der Waals surface area contributed by atoms with Crippen LogP contribution in [0.15, 0.2) is 12.1 Å².